The molecule has 1 rings (SSSR count). The summed E-state index contributed by atoms with van der Waals surface area (Å²) in [6.07, 6.45) is 18.1. The highest BCUT2D eigenvalue weighted by atomic mass is 16.6. The smallest absolute Gasteiger partial charge is 0.407 e. The van der Waals surface area contributed by atoms with Crippen LogP contribution in [0.15, 0.2) is 0 Å². The maximum absolute atomic E-state index is 11.8. The van der Waals surface area contributed by atoms with Crippen LogP contribution in [0.4, 0.5) is 9.59 Å². The Balaban J connectivity index is 1.95. The van der Waals surface area contributed by atoms with Gasteiger partial charge in [0.15, 0.2) is 0 Å². The molecule has 0 radical (unpaired) electrons. The van der Waals surface area contributed by atoms with Crippen LogP contribution in [0.3, 0.4) is 0 Å². The number of ether oxygens (including phenoxy) is 2. The molecule has 0 saturated heterocycles. The molecule has 6 nitrogen and oxygen atoms in total. The van der Waals surface area contributed by atoms with Crippen molar-refractivity contribution in [3.05, 3.63) is 0 Å². The molecule has 1 aliphatic rings. The average molecular weight is 455 g/mol. The molecule has 2 N–H and O–H groups in total. The highest BCUT2D eigenvalue weighted by Crippen LogP contribution is 2.28. The first-order chi connectivity index (χ1) is 15.7. The van der Waals surface area contributed by atoms with Crippen LogP contribution in [0.1, 0.15) is 117 Å². The molecule has 0 aromatic heterocycles. The number of unbranched alkanes of at least 4 members (excludes halogenated alkanes) is 10. The average Bonchev–Trinajstić information content (AvgIpc) is 2.81. The van der Waals surface area contributed by atoms with Crippen molar-refractivity contribution in [1.82, 2.24) is 10.6 Å². The Morgan fingerprint density at radius 3 is 1.31 bits per heavy atom. The van der Waals surface area contributed by atoms with E-state index >= 15 is 0 Å². The van der Waals surface area contributed by atoms with Crippen LogP contribution in [0.5, 0.6) is 0 Å². The molecule has 0 bridgehead atoms. The second kappa shape index (κ2) is 20.2. The molecule has 188 valence electrons. The molecule has 1 aliphatic carbocycles. The summed E-state index contributed by atoms with van der Waals surface area (Å²) in [5, 5.41) is 5.84. The highest BCUT2D eigenvalue weighted by molar-refractivity contribution is 5.67. The zero-order chi connectivity index (χ0) is 23.3. The lowest BCUT2D eigenvalue weighted by Gasteiger charge is -2.28. The van der Waals surface area contributed by atoms with E-state index in [1.807, 2.05) is 0 Å². The SMILES string of the molecule is CCCCCCCCOC(=O)NCC1CCC(CNC(=O)OCCCCCCCC)CC1. The first kappa shape index (κ1) is 28.6. The van der Waals surface area contributed by atoms with Gasteiger partial charge in [-0.15, -0.1) is 0 Å². The lowest BCUT2D eigenvalue weighted by atomic mass is 9.82. The van der Waals surface area contributed by atoms with Crippen molar-refractivity contribution >= 4 is 12.2 Å². The van der Waals surface area contributed by atoms with Crippen molar-refractivity contribution < 1.29 is 19.1 Å². The molecule has 0 heterocycles. The first-order valence-corrected chi connectivity index (χ1v) is 13.5. The largest absolute Gasteiger partial charge is 0.450 e. The number of carbonyl (C=O) groups excluding carboxylic acids is 2. The monoisotopic (exact) mass is 454 g/mol. The molecule has 1 saturated carbocycles. The van der Waals surface area contributed by atoms with Gasteiger partial charge >= 0.3 is 12.2 Å². The van der Waals surface area contributed by atoms with Crippen LogP contribution in [-0.4, -0.2) is 38.5 Å². The Morgan fingerprint density at radius 1 is 0.594 bits per heavy atom. The van der Waals surface area contributed by atoms with Gasteiger partial charge in [-0.3, -0.25) is 0 Å². The summed E-state index contributed by atoms with van der Waals surface area (Å²) in [5.41, 5.74) is 0. The molecule has 0 aromatic rings. The zero-order valence-corrected chi connectivity index (χ0v) is 20.9. The van der Waals surface area contributed by atoms with Crippen LogP contribution < -0.4 is 10.6 Å². The van der Waals surface area contributed by atoms with Gasteiger partial charge in [-0.1, -0.05) is 78.1 Å². The number of rotatable bonds is 18. The molecule has 0 spiro atoms. The van der Waals surface area contributed by atoms with E-state index in [-0.39, 0.29) is 12.2 Å². The number of hydrogen-bond acceptors (Lipinski definition) is 4. The van der Waals surface area contributed by atoms with Crippen LogP contribution in [0, 0.1) is 11.8 Å². The molecule has 0 unspecified atom stereocenters. The fourth-order valence-electron chi connectivity index (χ4n) is 4.29. The van der Waals surface area contributed by atoms with Gasteiger partial charge in [0.25, 0.3) is 0 Å². The van der Waals surface area contributed by atoms with Crippen molar-refractivity contribution in [3.63, 3.8) is 0 Å². The lowest BCUT2D eigenvalue weighted by molar-refractivity contribution is 0.136. The van der Waals surface area contributed by atoms with E-state index in [2.05, 4.69) is 24.5 Å². The standard InChI is InChI=1S/C26H50N2O4/c1-3-5-7-9-11-13-19-31-25(29)27-21-23-15-17-24(18-16-23)22-28-26(30)32-20-14-12-10-8-6-4-2/h23-24H,3-22H2,1-2H3,(H,27,29)(H,28,30). The van der Waals surface area contributed by atoms with Gasteiger partial charge in [0, 0.05) is 13.1 Å². The third kappa shape index (κ3) is 16.2. The summed E-state index contributed by atoms with van der Waals surface area (Å²) >= 11 is 0. The molecule has 0 aliphatic heterocycles. The van der Waals surface area contributed by atoms with E-state index < -0.39 is 0 Å². The van der Waals surface area contributed by atoms with Crippen LogP contribution >= 0.6 is 0 Å². The lowest BCUT2D eigenvalue weighted by Crippen LogP contribution is -2.35. The van der Waals surface area contributed by atoms with Crippen molar-refractivity contribution in [1.29, 1.82) is 0 Å². The fraction of sp³-hybridized carbons (Fsp3) is 0.923. The number of amides is 2. The highest BCUT2D eigenvalue weighted by Gasteiger charge is 2.22. The van der Waals surface area contributed by atoms with Crippen LogP contribution in [-0.2, 0) is 9.47 Å². The Hall–Kier alpha value is -1.46. The van der Waals surface area contributed by atoms with Gasteiger partial charge in [-0.05, 0) is 50.4 Å². The second-order valence-corrected chi connectivity index (χ2v) is 9.46. The summed E-state index contributed by atoms with van der Waals surface area (Å²) in [7, 11) is 0. The van der Waals surface area contributed by atoms with E-state index in [4.69, 9.17) is 9.47 Å². The minimum Gasteiger partial charge on any atom is -0.450 e. The molecular formula is C26H50N2O4. The Labute approximate surface area is 197 Å². The number of hydrogen-bond donors (Lipinski definition) is 2. The minimum atomic E-state index is -0.282. The van der Waals surface area contributed by atoms with E-state index in [0.717, 1.165) is 51.4 Å². The van der Waals surface area contributed by atoms with Gasteiger partial charge in [0.05, 0.1) is 13.2 Å². The molecule has 1 fully saturated rings. The maximum Gasteiger partial charge on any atom is 0.407 e. The third-order valence-corrected chi connectivity index (χ3v) is 6.50. The summed E-state index contributed by atoms with van der Waals surface area (Å²) in [5.74, 6) is 1.01. The number of nitrogens with one attached hydrogen (secondary N) is 2. The van der Waals surface area contributed by atoms with Gasteiger partial charge in [-0.2, -0.15) is 0 Å². The fourth-order valence-corrected chi connectivity index (χ4v) is 4.29. The van der Waals surface area contributed by atoms with E-state index in [1.54, 1.807) is 0 Å². The molecule has 32 heavy (non-hydrogen) atoms. The first-order valence-electron chi connectivity index (χ1n) is 13.5. The summed E-state index contributed by atoms with van der Waals surface area (Å²) < 4.78 is 10.6. The minimum absolute atomic E-state index is 0.282. The van der Waals surface area contributed by atoms with Crippen molar-refractivity contribution in [2.24, 2.45) is 11.8 Å². The Kier molecular flexibility index (Phi) is 18.0. The molecule has 0 atom stereocenters. The third-order valence-electron chi connectivity index (χ3n) is 6.50. The molecule has 2 amide bonds. The van der Waals surface area contributed by atoms with Crippen molar-refractivity contribution in [2.45, 2.75) is 117 Å². The van der Waals surface area contributed by atoms with E-state index in [9.17, 15) is 9.59 Å². The second-order valence-electron chi connectivity index (χ2n) is 9.46. The zero-order valence-electron chi connectivity index (χ0n) is 20.9. The predicted molar refractivity (Wildman–Crippen MR) is 131 cm³/mol. The predicted octanol–water partition coefficient (Wildman–Crippen LogP) is 6.97. The van der Waals surface area contributed by atoms with Gasteiger partial charge in [0.1, 0.15) is 0 Å². The normalized spacial score (nSPS) is 18.2. The maximum atomic E-state index is 11.8. The van der Waals surface area contributed by atoms with Crippen LogP contribution in [0.25, 0.3) is 0 Å². The van der Waals surface area contributed by atoms with Crippen molar-refractivity contribution in [3.8, 4) is 0 Å². The van der Waals surface area contributed by atoms with E-state index in [1.165, 1.54) is 51.4 Å². The Morgan fingerprint density at radius 2 is 0.938 bits per heavy atom. The number of carbonyl (C=O) groups is 2. The molecular weight excluding hydrogens is 404 g/mol. The summed E-state index contributed by atoms with van der Waals surface area (Å²) in [4.78, 5) is 23.7. The molecule has 6 heteroatoms. The molecule has 0 aromatic carbocycles. The summed E-state index contributed by atoms with van der Waals surface area (Å²) in [6, 6.07) is 0. The van der Waals surface area contributed by atoms with Gasteiger partial charge < -0.3 is 20.1 Å². The number of alkyl carbamates (subject to hydrolysis) is 2. The van der Waals surface area contributed by atoms with Gasteiger partial charge in [0.2, 0.25) is 0 Å². The Bertz CT molecular complexity index is 423. The van der Waals surface area contributed by atoms with E-state index in [0.29, 0.717) is 38.1 Å². The quantitative estimate of drug-likeness (QED) is 0.219. The topological polar surface area (TPSA) is 76.7 Å². The van der Waals surface area contributed by atoms with Crippen molar-refractivity contribution in [2.75, 3.05) is 26.3 Å². The van der Waals surface area contributed by atoms with Gasteiger partial charge in [-0.25, -0.2) is 9.59 Å². The summed E-state index contributed by atoms with van der Waals surface area (Å²) in [6.45, 7) is 6.85. The van der Waals surface area contributed by atoms with Crippen LogP contribution in [0.2, 0.25) is 0 Å².